The number of nitrogens with zero attached hydrogens (tertiary/aromatic N) is 2. The van der Waals surface area contributed by atoms with E-state index in [4.69, 9.17) is 10.5 Å². The van der Waals surface area contributed by atoms with Crippen molar-refractivity contribution >= 4 is 22.2 Å². The van der Waals surface area contributed by atoms with Crippen molar-refractivity contribution in [2.45, 2.75) is 13.2 Å². The van der Waals surface area contributed by atoms with Crippen molar-refractivity contribution in [3.05, 3.63) is 40.7 Å². The van der Waals surface area contributed by atoms with Gasteiger partial charge in [0.15, 0.2) is 5.13 Å². The normalized spacial score (nSPS) is 10.7. The van der Waals surface area contributed by atoms with Crippen LogP contribution in [-0.2, 0) is 17.9 Å². The SMILES string of the molecule is COCc1nc(N(C)c2cccc(F)c2)sc1CN. The summed E-state index contributed by atoms with van der Waals surface area (Å²) in [6.45, 7) is 0.855. The Morgan fingerprint density at radius 1 is 1.47 bits per heavy atom. The van der Waals surface area contributed by atoms with Crippen LogP contribution in [0.15, 0.2) is 24.3 Å². The van der Waals surface area contributed by atoms with Gasteiger partial charge in [-0.05, 0) is 18.2 Å². The molecular formula is C13H16FN3OS. The van der Waals surface area contributed by atoms with E-state index in [0.717, 1.165) is 21.4 Å². The van der Waals surface area contributed by atoms with Crippen molar-refractivity contribution in [2.75, 3.05) is 19.1 Å². The molecule has 0 amide bonds. The first kappa shape index (κ1) is 13.9. The number of aromatic nitrogens is 1. The van der Waals surface area contributed by atoms with E-state index in [1.807, 2.05) is 18.0 Å². The zero-order valence-corrected chi connectivity index (χ0v) is 11.7. The predicted octanol–water partition coefficient (Wildman–Crippen LogP) is 2.66. The lowest BCUT2D eigenvalue weighted by Crippen LogP contribution is -2.09. The molecule has 1 aromatic carbocycles. The molecule has 0 saturated heterocycles. The zero-order valence-electron chi connectivity index (χ0n) is 10.9. The molecule has 19 heavy (non-hydrogen) atoms. The topological polar surface area (TPSA) is 51.4 Å². The third-order valence-electron chi connectivity index (χ3n) is 2.72. The molecule has 0 bridgehead atoms. The molecule has 2 N–H and O–H groups in total. The summed E-state index contributed by atoms with van der Waals surface area (Å²) in [7, 11) is 3.47. The fraction of sp³-hybridized carbons (Fsp3) is 0.308. The minimum atomic E-state index is -0.267. The third kappa shape index (κ3) is 3.09. The first-order valence-corrected chi connectivity index (χ1v) is 6.64. The Morgan fingerprint density at radius 2 is 2.26 bits per heavy atom. The average molecular weight is 281 g/mol. The summed E-state index contributed by atoms with van der Waals surface area (Å²) in [5.41, 5.74) is 7.29. The molecule has 4 nitrogen and oxygen atoms in total. The van der Waals surface area contributed by atoms with E-state index >= 15 is 0 Å². The molecule has 0 fully saturated rings. The molecule has 0 aliphatic rings. The van der Waals surface area contributed by atoms with Crippen LogP contribution >= 0.6 is 11.3 Å². The Bertz CT molecular complexity index is 559. The summed E-state index contributed by atoms with van der Waals surface area (Å²) in [5.74, 6) is -0.267. The summed E-state index contributed by atoms with van der Waals surface area (Å²) in [4.78, 5) is 7.32. The molecule has 1 heterocycles. The van der Waals surface area contributed by atoms with Gasteiger partial charge in [-0.2, -0.15) is 0 Å². The van der Waals surface area contributed by atoms with E-state index in [-0.39, 0.29) is 5.82 Å². The average Bonchev–Trinajstić information content (AvgIpc) is 2.81. The molecular weight excluding hydrogens is 265 g/mol. The fourth-order valence-electron chi connectivity index (χ4n) is 1.72. The quantitative estimate of drug-likeness (QED) is 0.915. The first-order chi connectivity index (χ1) is 9.15. The predicted molar refractivity (Wildman–Crippen MR) is 75.2 cm³/mol. The maximum Gasteiger partial charge on any atom is 0.190 e. The number of hydrogen-bond acceptors (Lipinski definition) is 5. The Labute approximate surface area is 115 Å². The van der Waals surface area contributed by atoms with Crippen LogP contribution < -0.4 is 10.6 Å². The molecule has 0 spiro atoms. The molecule has 1 aromatic heterocycles. The maximum absolute atomic E-state index is 13.2. The number of rotatable bonds is 5. The largest absolute Gasteiger partial charge is 0.378 e. The Morgan fingerprint density at radius 3 is 2.89 bits per heavy atom. The van der Waals surface area contributed by atoms with Crippen LogP contribution in [0, 0.1) is 5.82 Å². The minimum Gasteiger partial charge on any atom is -0.378 e. The van der Waals surface area contributed by atoms with Gasteiger partial charge in [-0.1, -0.05) is 17.4 Å². The molecule has 0 atom stereocenters. The number of methoxy groups -OCH3 is 1. The van der Waals surface area contributed by atoms with Crippen molar-refractivity contribution in [3.8, 4) is 0 Å². The smallest absolute Gasteiger partial charge is 0.190 e. The highest BCUT2D eigenvalue weighted by Gasteiger charge is 2.14. The zero-order chi connectivity index (χ0) is 13.8. The van der Waals surface area contributed by atoms with Crippen molar-refractivity contribution in [3.63, 3.8) is 0 Å². The molecule has 2 aromatic rings. The highest BCUT2D eigenvalue weighted by Crippen LogP contribution is 2.30. The van der Waals surface area contributed by atoms with Crippen molar-refractivity contribution in [1.29, 1.82) is 0 Å². The highest BCUT2D eigenvalue weighted by molar-refractivity contribution is 7.15. The van der Waals surface area contributed by atoms with Gasteiger partial charge in [0.2, 0.25) is 0 Å². The Hall–Kier alpha value is -1.50. The number of anilines is 2. The molecule has 6 heteroatoms. The number of hydrogen-bond donors (Lipinski definition) is 1. The summed E-state index contributed by atoms with van der Waals surface area (Å²) in [5, 5.41) is 0.776. The lowest BCUT2D eigenvalue weighted by Gasteiger charge is -2.15. The van der Waals surface area contributed by atoms with Gasteiger partial charge >= 0.3 is 0 Å². The van der Waals surface area contributed by atoms with Crippen molar-refractivity contribution in [2.24, 2.45) is 5.73 Å². The monoisotopic (exact) mass is 281 g/mol. The van der Waals surface area contributed by atoms with Crippen LogP contribution in [0.2, 0.25) is 0 Å². The standard InChI is InChI=1S/C13H16FN3OS/c1-17(10-5-3-4-9(14)6-10)13-16-11(8-18-2)12(7-15)19-13/h3-6H,7-8,15H2,1-2H3. The fourth-order valence-corrected chi connectivity index (χ4v) is 2.64. The second-order valence-corrected chi connectivity index (χ2v) is 5.10. The van der Waals surface area contributed by atoms with Gasteiger partial charge in [0.1, 0.15) is 5.82 Å². The first-order valence-electron chi connectivity index (χ1n) is 5.82. The number of halogens is 1. The van der Waals surface area contributed by atoms with E-state index in [1.54, 1.807) is 13.2 Å². The van der Waals surface area contributed by atoms with Gasteiger partial charge in [-0.3, -0.25) is 0 Å². The van der Waals surface area contributed by atoms with E-state index in [2.05, 4.69) is 4.98 Å². The molecule has 0 radical (unpaired) electrons. The second-order valence-electron chi connectivity index (χ2n) is 4.04. The number of thiazole rings is 1. The molecule has 2 rings (SSSR count). The van der Waals surface area contributed by atoms with E-state index in [1.165, 1.54) is 23.5 Å². The van der Waals surface area contributed by atoms with Gasteiger partial charge in [0, 0.05) is 31.3 Å². The molecule has 102 valence electrons. The van der Waals surface area contributed by atoms with Gasteiger partial charge in [-0.25, -0.2) is 9.37 Å². The Kier molecular flexibility index (Phi) is 4.47. The van der Waals surface area contributed by atoms with Gasteiger partial charge in [0.25, 0.3) is 0 Å². The Balaban J connectivity index is 2.30. The van der Waals surface area contributed by atoms with Crippen LogP contribution in [0.5, 0.6) is 0 Å². The highest BCUT2D eigenvalue weighted by atomic mass is 32.1. The summed E-state index contributed by atoms with van der Waals surface area (Å²) in [6, 6.07) is 6.40. The summed E-state index contributed by atoms with van der Waals surface area (Å²) < 4.78 is 18.3. The lowest BCUT2D eigenvalue weighted by molar-refractivity contribution is 0.181. The second kappa shape index (κ2) is 6.10. The van der Waals surface area contributed by atoms with Gasteiger partial charge < -0.3 is 15.4 Å². The minimum absolute atomic E-state index is 0.267. The third-order valence-corrected chi connectivity index (χ3v) is 3.91. The summed E-state index contributed by atoms with van der Waals surface area (Å²) >= 11 is 1.50. The van der Waals surface area contributed by atoms with E-state index < -0.39 is 0 Å². The lowest BCUT2D eigenvalue weighted by atomic mass is 10.3. The van der Waals surface area contributed by atoms with Gasteiger partial charge in [-0.15, -0.1) is 0 Å². The molecule has 0 unspecified atom stereocenters. The van der Waals surface area contributed by atoms with Crippen LogP contribution in [0.25, 0.3) is 0 Å². The van der Waals surface area contributed by atoms with Crippen LogP contribution in [0.4, 0.5) is 15.2 Å². The van der Waals surface area contributed by atoms with Crippen LogP contribution in [0.1, 0.15) is 10.6 Å². The molecule has 0 aliphatic heterocycles. The summed E-state index contributed by atoms with van der Waals surface area (Å²) in [6.07, 6.45) is 0. The molecule has 0 aliphatic carbocycles. The molecule has 0 saturated carbocycles. The maximum atomic E-state index is 13.2. The number of nitrogens with two attached hydrogens (primary N) is 1. The van der Waals surface area contributed by atoms with E-state index in [9.17, 15) is 4.39 Å². The van der Waals surface area contributed by atoms with Crippen LogP contribution in [0.3, 0.4) is 0 Å². The van der Waals surface area contributed by atoms with E-state index in [0.29, 0.717) is 13.2 Å². The van der Waals surface area contributed by atoms with Gasteiger partial charge in [0.05, 0.1) is 12.3 Å². The number of ether oxygens (including phenoxy) is 1. The van der Waals surface area contributed by atoms with Crippen molar-refractivity contribution in [1.82, 2.24) is 4.98 Å². The van der Waals surface area contributed by atoms with Crippen molar-refractivity contribution < 1.29 is 9.13 Å². The number of benzene rings is 1. The van der Waals surface area contributed by atoms with Crippen LogP contribution in [-0.4, -0.2) is 19.1 Å².